The average Bonchev–Trinajstić information content (AvgIpc) is 2.42. The summed E-state index contributed by atoms with van der Waals surface area (Å²) >= 11 is 0. The smallest absolute Gasteiger partial charge is 0.176 e. The molecule has 1 aliphatic rings. The molecule has 0 aliphatic carbocycles. The second-order valence-corrected chi connectivity index (χ2v) is 5.45. The van der Waals surface area contributed by atoms with Gasteiger partial charge in [-0.2, -0.15) is 0 Å². The van der Waals surface area contributed by atoms with Gasteiger partial charge in [0.25, 0.3) is 0 Å². The van der Waals surface area contributed by atoms with Crippen LogP contribution in [0.4, 0.5) is 0 Å². The lowest BCUT2D eigenvalue weighted by Crippen LogP contribution is -2.46. The van der Waals surface area contributed by atoms with Crippen LogP contribution in [0.25, 0.3) is 0 Å². The molecule has 2 rings (SSSR count). The van der Waals surface area contributed by atoms with Gasteiger partial charge in [0, 0.05) is 31.7 Å². The molecule has 1 fully saturated rings. The number of ketones is 1. The molecule has 0 unspecified atom stereocenters. The Balaban J connectivity index is 1.88. The summed E-state index contributed by atoms with van der Waals surface area (Å²) in [4.78, 5) is 16.8. The van der Waals surface area contributed by atoms with Crippen LogP contribution in [-0.2, 0) is 6.42 Å². The monoisotopic (exact) mass is 260 g/mol. The van der Waals surface area contributed by atoms with Gasteiger partial charge in [-0.25, -0.2) is 0 Å². The number of hydrogen-bond acceptors (Lipinski definition) is 3. The van der Waals surface area contributed by atoms with Crippen LogP contribution in [0.2, 0.25) is 0 Å². The van der Waals surface area contributed by atoms with E-state index in [-0.39, 0.29) is 5.78 Å². The molecule has 0 saturated carbocycles. The summed E-state index contributed by atoms with van der Waals surface area (Å²) in [7, 11) is 2.13. The van der Waals surface area contributed by atoms with E-state index in [2.05, 4.69) is 35.9 Å². The summed E-state index contributed by atoms with van der Waals surface area (Å²) < 4.78 is 0. The van der Waals surface area contributed by atoms with E-state index in [1.165, 1.54) is 5.56 Å². The fraction of sp³-hybridized carbons (Fsp3) is 0.562. The molecule has 0 spiro atoms. The van der Waals surface area contributed by atoms with E-state index in [9.17, 15) is 4.79 Å². The molecule has 1 heterocycles. The molecule has 3 nitrogen and oxygen atoms in total. The molecule has 19 heavy (non-hydrogen) atoms. The highest BCUT2D eigenvalue weighted by molar-refractivity contribution is 5.97. The first kappa shape index (κ1) is 14.2. The van der Waals surface area contributed by atoms with Crippen LogP contribution >= 0.6 is 0 Å². The lowest BCUT2D eigenvalue weighted by atomic mass is 10.0. The summed E-state index contributed by atoms with van der Waals surface area (Å²) in [5.74, 6) is 0.243. The SMILES string of the molecule is CCCc1ccc(C(=O)CN2CCN(C)CC2)cc1. The van der Waals surface area contributed by atoms with Gasteiger partial charge >= 0.3 is 0 Å². The van der Waals surface area contributed by atoms with E-state index in [0.29, 0.717) is 6.54 Å². The first-order valence-electron chi connectivity index (χ1n) is 7.22. The van der Waals surface area contributed by atoms with E-state index < -0.39 is 0 Å². The second-order valence-electron chi connectivity index (χ2n) is 5.45. The number of carbonyl (C=O) groups excluding carboxylic acids is 1. The molecule has 1 saturated heterocycles. The third-order valence-electron chi connectivity index (χ3n) is 3.78. The van der Waals surface area contributed by atoms with Gasteiger partial charge in [0.15, 0.2) is 5.78 Å². The summed E-state index contributed by atoms with van der Waals surface area (Å²) in [5.41, 5.74) is 2.16. The van der Waals surface area contributed by atoms with Crippen molar-refractivity contribution in [2.75, 3.05) is 39.8 Å². The van der Waals surface area contributed by atoms with Crippen LogP contribution in [0.5, 0.6) is 0 Å². The maximum absolute atomic E-state index is 12.2. The topological polar surface area (TPSA) is 23.6 Å². The minimum absolute atomic E-state index is 0.243. The number of Topliss-reactive ketones (excluding diaryl/α,β-unsaturated/α-hetero) is 1. The molecule has 1 aromatic carbocycles. The van der Waals surface area contributed by atoms with Gasteiger partial charge < -0.3 is 4.90 Å². The number of carbonyl (C=O) groups is 1. The Hall–Kier alpha value is -1.19. The maximum atomic E-state index is 12.2. The van der Waals surface area contributed by atoms with Gasteiger partial charge in [0.2, 0.25) is 0 Å². The molecule has 0 atom stereocenters. The van der Waals surface area contributed by atoms with Gasteiger partial charge in [0.1, 0.15) is 0 Å². The molecule has 0 N–H and O–H groups in total. The number of aryl methyl sites for hydroxylation is 1. The number of benzene rings is 1. The van der Waals surface area contributed by atoms with E-state index in [0.717, 1.165) is 44.6 Å². The van der Waals surface area contributed by atoms with Gasteiger partial charge in [-0.05, 0) is 19.0 Å². The van der Waals surface area contributed by atoms with Gasteiger partial charge in [0.05, 0.1) is 6.54 Å². The zero-order chi connectivity index (χ0) is 13.7. The summed E-state index contributed by atoms with van der Waals surface area (Å²) in [6.45, 7) is 6.84. The van der Waals surface area contributed by atoms with E-state index in [1.807, 2.05) is 12.1 Å². The Morgan fingerprint density at radius 1 is 1.11 bits per heavy atom. The highest BCUT2D eigenvalue weighted by Crippen LogP contribution is 2.09. The summed E-state index contributed by atoms with van der Waals surface area (Å²) in [6, 6.07) is 8.12. The normalized spacial score (nSPS) is 17.6. The van der Waals surface area contributed by atoms with Gasteiger partial charge in [-0.3, -0.25) is 9.69 Å². The van der Waals surface area contributed by atoms with Crippen molar-refractivity contribution in [3.8, 4) is 0 Å². The fourth-order valence-corrected chi connectivity index (χ4v) is 2.45. The molecule has 0 aromatic heterocycles. The van der Waals surface area contributed by atoms with Crippen molar-refractivity contribution >= 4 is 5.78 Å². The van der Waals surface area contributed by atoms with Crippen molar-refractivity contribution in [2.45, 2.75) is 19.8 Å². The maximum Gasteiger partial charge on any atom is 0.176 e. The first-order valence-corrected chi connectivity index (χ1v) is 7.22. The van der Waals surface area contributed by atoms with Crippen LogP contribution in [0.3, 0.4) is 0 Å². The highest BCUT2D eigenvalue weighted by Gasteiger charge is 2.17. The number of likely N-dealkylation sites (N-methyl/N-ethyl adjacent to an activating group) is 1. The standard InChI is InChI=1S/C16H24N2O/c1-3-4-14-5-7-15(8-6-14)16(19)13-18-11-9-17(2)10-12-18/h5-8H,3-4,9-13H2,1-2H3. The van der Waals surface area contributed by atoms with Crippen LogP contribution < -0.4 is 0 Å². The Labute approximate surface area is 116 Å². The van der Waals surface area contributed by atoms with Crippen molar-refractivity contribution in [1.29, 1.82) is 0 Å². The second kappa shape index (κ2) is 6.83. The Bertz CT molecular complexity index is 405. The predicted octanol–water partition coefficient (Wildman–Crippen LogP) is 2.07. The van der Waals surface area contributed by atoms with E-state index in [1.54, 1.807) is 0 Å². The minimum atomic E-state index is 0.243. The van der Waals surface area contributed by atoms with Crippen LogP contribution in [0.15, 0.2) is 24.3 Å². The largest absolute Gasteiger partial charge is 0.304 e. The third kappa shape index (κ3) is 4.15. The zero-order valence-corrected chi connectivity index (χ0v) is 12.1. The van der Waals surface area contributed by atoms with Crippen molar-refractivity contribution in [3.05, 3.63) is 35.4 Å². The molecular weight excluding hydrogens is 236 g/mol. The highest BCUT2D eigenvalue weighted by atomic mass is 16.1. The molecule has 0 amide bonds. The molecule has 104 valence electrons. The quantitative estimate of drug-likeness (QED) is 0.757. The van der Waals surface area contributed by atoms with Crippen LogP contribution in [-0.4, -0.2) is 55.4 Å². The lowest BCUT2D eigenvalue weighted by molar-refractivity contribution is 0.0876. The summed E-state index contributed by atoms with van der Waals surface area (Å²) in [6.07, 6.45) is 2.24. The molecule has 3 heteroatoms. The first-order chi connectivity index (χ1) is 9.19. The number of rotatable bonds is 5. The number of nitrogens with zero attached hydrogens (tertiary/aromatic N) is 2. The number of piperazine rings is 1. The van der Waals surface area contributed by atoms with Gasteiger partial charge in [-0.15, -0.1) is 0 Å². The van der Waals surface area contributed by atoms with Crippen LogP contribution in [0, 0.1) is 0 Å². The van der Waals surface area contributed by atoms with Crippen molar-refractivity contribution in [2.24, 2.45) is 0 Å². The average molecular weight is 260 g/mol. The number of hydrogen-bond donors (Lipinski definition) is 0. The zero-order valence-electron chi connectivity index (χ0n) is 12.1. The van der Waals surface area contributed by atoms with Crippen molar-refractivity contribution in [1.82, 2.24) is 9.80 Å². The van der Waals surface area contributed by atoms with Crippen molar-refractivity contribution < 1.29 is 4.79 Å². The minimum Gasteiger partial charge on any atom is -0.304 e. The molecule has 1 aromatic rings. The van der Waals surface area contributed by atoms with E-state index >= 15 is 0 Å². The molecule has 0 radical (unpaired) electrons. The third-order valence-corrected chi connectivity index (χ3v) is 3.78. The molecular formula is C16H24N2O. The Morgan fingerprint density at radius 3 is 2.32 bits per heavy atom. The molecule has 1 aliphatic heterocycles. The molecule has 0 bridgehead atoms. The van der Waals surface area contributed by atoms with Crippen molar-refractivity contribution in [3.63, 3.8) is 0 Å². The summed E-state index contributed by atoms with van der Waals surface area (Å²) in [5, 5.41) is 0. The fourth-order valence-electron chi connectivity index (χ4n) is 2.45. The van der Waals surface area contributed by atoms with E-state index in [4.69, 9.17) is 0 Å². The Kier molecular flexibility index (Phi) is 5.11. The Morgan fingerprint density at radius 2 is 1.74 bits per heavy atom. The lowest BCUT2D eigenvalue weighted by Gasteiger charge is -2.31. The van der Waals surface area contributed by atoms with Gasteiger partial charge in [-0.1, -0.05) is 37.6 Å². The van der Waals surface area contributed by atoms with Crippen LogP contribution in [0.1, 0.15) is 29.3 Å². The predicted molar refractivity (Wildman–Crippen MR) is 78.7 cm³/mol.